The molecule has 136 valence electrons. The molecule has 0 bridgehead atoms. The Hall–Kier alpha value is -2.92. The zero-order valence-corrected chi connectivity index (χ0v) is 16.3. The summed E-state index contributed by atoms with van der Waals surface area (Å²) in [7, 11) is 0. The number of amides is 1. The topological polar surface area (TPSA) is 55.4 Å². The lowest BCUT2D eigenvalue weighted by Crippen LogP contribution is -2.12. The van der Waals surface area contributed by atoms with Gasteiger partial charge in [0, 0.05) is 16.8 Å². The molecule has 0 saturated heterocycles. The number of anilines is 1. The van der Waals surface area contributed by atoms with E-state index in [1.165, 1.54) is 6.92 Å². The molecule has 0 aliphatic carbocycles. The maximum Gasteiger partial charge on any atom is 0.255 e. The Morgan fingerprint density at radius 3 is 2.37 bits per heavy atom. The number of hydrogen-bond donors (Lipinski definition) is 1. The number of carbonyl (C=O) groups excluding carboxylic acids is 2. The van der Waals surface area contributed by atoms with E-state index >= 15 is 0 Å². The maximum absolute atomic E-state index is 12.4. The molecule has 0 radical (unpaired) electrons. The van der Waals surface area contributed by atoms with Crippen molar-refractivity contribution in [2.45, 2.75) is 13.5 Å². The molecule has 3 rings (SSSR count). The fourth-order valence-corrected chi connectivity index (χ4v) is 2.89. The molecule has 0 aliphatic heterocycles. The minimum atomic E-state index is -0.228. The van der Waals surface area contributed by atoms with E-state index in [1.54, 1.807) is 36.4 Å². The molecule has 3 aromatic carbocycles. The zero-order valence-electron chi connectivity index (χ0n) is 14.7. The number of rotatable bonds is 6. The van der Waals surface area contributed by atoms with Crippen molar-refractivity contribution in [3.8, 4) is 5.75 Å². The highest BCUT2D eigenvalue weighted by Crippen LogP contribution is 2.24. The standard InChI is InChI=1S/C22H18BrNO3/c1-15(25)18-5-4-6-19(13-18)24-22(26)17-11-9-16(10-12-17)14-27-21-8-3-2-7-20(21)23/h2-13H,14H2,1H3,(H,24,26). The molecule has 5 heteroatoms. The number of para-hydroxylation sites is 1. The number of hydrogen-bond acceptors (Lipinski definition) is 3. The molecule has 4 nitrogen and oxygen atoms in total. The summed E-state index contributed by atoms with van der Waals surface area (Å²) in [5.41, 5.74) is 2.65. The third-order valence-electron chi connectivity index (χ3n) is 3.97. The minimum absolute atomic E-state index is 0.0412. The lowest BCUT2D eigenvalue weighted by Gasteiger charge is -2.09. The largest absolute Gasteiger partial charge is 0.488 e. The van der Waals surface area contributed by atoms with Crippen molar-refractivity contribution in [2.75, 3.05) is 5.32 Å². The van der Waals surface area contributed by atoms with Crippen molar-refractivity contribution in [3.63, 3.8) is 0 Å². The molecular weight excluding hydrogens is 406 g/mol. The van der Waals surface area contributed by atoms with Gasteiger partial charge in [-0.05, 0) is 64.8 Å². The lowest BCUT2D eigenvalue weighted by atomic mass is 10.1. The van der Waals surface area contributed by atoms with E-state index in [1.807, 2.05) is 36.4 Å². The van der Waals surface area contributed by atoms with Crippen LogP contribution >= 0.6 is 15.9 Å². The summed E-state index contributed by atoms with van der Waals surface area (Å²) in [5, 5.41) is 2.81. The summed E-state index contributed by atoms with van der Waals surface area (Å²) < 4.78 is 6.67. The first-order valence-corrected chi connectivity index (χ1v) is 9.21. The first-order valence-electron chi connectivity index (χ1n) is 8.41. The van der Waals surface area contributed by atoms with Crippen molar-refractivity contribution in [1.29, 1.82) is 0 Å². The van der Waals surface area contributed by atoms with E-state index in [-0.39, 0.29) is 11.7 Å². The van der Waals surface area contributed by atoms with Gasteiger partial charge in [-0.3, -0.25) is 9.59 Å². The molecular formula is C22H18BrNO3. The lowest BCUT2D eigenvalue weighted by molar-refractivity contribution is 0.101. The Balaban J connectivity index is 1.63. The van der Waals surface area contributed by atoms with E-state index in [2.05, 4.69) is 21.2 Å². The van der Waals surface area contributed by atoms with Gasteiger partial charge in [0.25, 0.3) is 5.91 Å². The van der Waals surface area contributed by atoms with Crippen molar-refractivity contribution < 1.29 is 14.3 Å². The van der Waals surface area contributed by atoms with Crippen LogP contribution in [0.1, 0.15) is 33.2 Å². The van der Waals surface area contributed by atoms with Crippen molar-refractivity contribution in [1.82, 2.24) is 0 Å². The molecule has 0 aliphatic rings. The Morgan fingerprint density at radius 1 is 0.926 bits per heavy atom. The number of carbonyl (C=O) groups is 2. The fourth-order valence-electron chi connectivity index (χ4n) is 2.49. The molecule has 0 saturated carbocycles. The maximum atomic E-state index is 12.4. The van der Waals surface area contributed by atoms with Crippen molar-refractivity contribution in [2.24, 2.45) is 0 Å². The van der Waals surface area contributed by atoms with Gasteiger partial charge in [-0.2, -0.15) is 0 Å². The van der Waals surface area contributed by atoms with Gasteiger partial charge in [0.2, 0.25) is 0 Å². The molecule has 1 N–H and O–H groups in total. The van der Waals surface area contributed by atoms with Gasteiger partial charge in [0.1, 0.15) is 12.4 Å². The molecule has 1 amide bonds. The van der Waals surface area contributed by atoms with E-state index in [0.29, 0.717) is 23.4 Å². The Kier molecular flexibility index (Phi) is 6.04. The number of ketones is 1. The second-order valence-corrected chi connectivity index (χ2v) is 6.86. The highest BCUT2D eigenvalue weighted by Gasteiger charge is 2.08. The summed E-state index contributed by atoms with van der Waals surface area (Å²) in [6.07, 6.45) is 0. The highest BCUT2D eigenvalue weighted by atomic mass is 79.9. The summed E-state index contributed by atoms with van der Waals surface area (Å²) in [4.78, 5) is 23.8. The summed E-state index contributed by atoms with van der Waals surface area (Å²) in [5.74, 6) is 0.499. The van der Waals surface area contributed by atoms with Crippen LogP contribution in [-0.2, 0) is 6.61 Å². The Labute approximate surface area is 166 Å². The molecule has 27 heavy (non-hydrogen) atoms. The number of halogens is 1. The van der Waals surface area contributed by atoms with Crippen LogP contribution in [0, 0.1) is 0 Å². The van der Waals surface area contributed by atoms with Crippen LogP contribution in [0.25, 0.3) is 0 Å². The molecule has 0 fully saturated rings. The monoisotopic (exact) mass is 423 g/mol. The molecule has 0 atom stereocenters. The summed E-state index contributed by atoms with van der Waals surface area (Å²) in [6, 6.07) is 21.8. The average Bonchev–Trinajstić information content (AvgIpc) is 2.68. The van der Waals surface area contributed by atoms with Gasteiger partial charge < -0.3 is 10.1 Å². The van der Waals surface area contributed by atoms with Gasteiger partial charge in [0.05, 0.1) is 4.47 Å². The average molecular weight is 424 g/mol. The second kappa shape index (κ2) is 8.64. The predicted molar refractivity (Wildman–Crippen MR) is 109 cm³/mol. The summed E-state index contributed by atoms with van der Waals surface area (Å²) in [6.45, 7) is 1.90. The van der Waals surface area contributed by atoms with Crippen LogP contribution in [0.15, 0.2) is 77.3 Å². The van der Waals surface area contributed by atoms with E-state index in [0.717, 1.165) is 15.8 Å². The quantitative estimate of drug-likeness (QED) is 0.533. The van der Waals surface area contributed by atoms with Crippen molar-refractivity contribution >= 4 is 33.3 Å². The van der Waals surface area contributed by atoms with Crippen LogP contribution in [0.5, 0.6) is 5.75 Å². The van der Waals surface area contributed by atoms with Crippen LogP contribution in [-0.4, -0.2) is 11.7 Å². The number of Topliss-reactive ketones (excluding diaryl/α,β-unsaturated/α-hetero) is 1. The van der Waals surface area contributed by atoms with Gasteiger partial charge >= 0.3 is 0 Å². The number of ether oxygens (including phenoxy) is 1. The number of nitrogens with one attached hydrogen (secondary N) is 1. The molecule has 0 aromatic heterocycles. The Bertz CT molecular complexity index is 967. The molecule has 0 spiro atoms. The van der Waals surface area contributed by atoms with E-state index in [4.69, 9.17) is 4.74 Å². The van der Waals surface area contributed by atoms with Gasteiger partial charge in [-0.15, -0.1) is 0 Å². The Morgan fingerprint density at radius 2 is 1.67 bits per heavy atom. The SMILES string of the molecule is CC(=O)c1cccc(NC(=O)c2ccc(COc3ccccc3Br)cc2)c1. The van der Waals surface area contributed by atoms with Crippen LogP contribution in [0.3, 0.4) is 0 Å². The van der Waals surface area contributed by atoms with E-state index in [9.17, 15) is 9.59 Å². The first kappa shape index (κ1) is 18.9. The van der Waals surface area contributed by atoms with Gasteiger partial charge in [0.15, 0.2) is 5.78 Å². The third-order valence-corrected chi connectivity index (χ3v) is 4.63. The fraction of sp³-hybridized carbons (Fsp3) is 0.0909. The zero-order chi connectivity index (χ0) is 19.2. The van der Waals surface area contributed by atoms with Crippen LogP contribution < -0.4 is 10.1 Å². The summed E-state index contributed by atoms with van der Waals surface area (Å²) >= 11 is 3.45. The van der Waals surface area contributed by atoms with Crippen LogP contribution in [0.4, 0.5) is 5.69 Å². The molecule has 3 aromatic rings. The molecule has 0 unspecified atom stereocenters. The van der Waals surface area contributed by atoms with Crippen LogP contribution in [0.2, 0.25) is 0 Å². The van der Waals surface area contributed by atoms with Crippen molar-refractivity contribution in [3.05, 3.63) is 94.0 Å². The smallest absolute Gasteiger partial charge is 0.255 e. The second-order valence-electron chi connectivity index (χ2n) is 6.01. The van der Waals surface area contributed by atoms with Gasteiger partial charge in [-0.1, -0.05) is 36.4 Å². The number of benzene rings is 3. The predicted octanol–water partition coefficient (Wildman–Crippen LogP) is 5.48. The third kappa shape index (κ3) is 5.05. The van der Waals surface area contributed by atoms with Gasteiger partial charge in [-0.25, -0.2) is 0 Å². The normalized spacial score (nSPS) is 10.3. The molecule has 0 heterocycles. The first-order chi connectivity index (χ1) is 13.0. The highest BCUT2D eigenvalue weighted by molar-refractivity contribution is 9.10. The van der Waals surface area contributed by atoms with E-state index < -0.39 is 0 Å². The minimum Gasteiger partial charge on any atom is -0.488 e.